The van der Waals surface area contributed by atoms with Crippen LogP contribution in [0.5, 0.6) is 0 Å². The van der Waals surface area contributed by atoms with Gasteiger partial charge in [-0.05, 0) is 107 Å². The zero-order chi connectivity index (χ0) is 46.4. The van der Waals surface area contributed by atoms with E-state index < -0.39 is 10.0 Å². The first-order valence-electron chi connectivity index (χ1n) is 23.3. The number of aromatic nitrogens is 7. The summed E-state index contributed by atoms with van der Waals surface area (Å²) >= 11 is 0. The Morgan fingerprint density at radius 2 is 0.809 bits per heavy atom. The Kier molecular flexibility index (Phi) is 9.57. The van der Waals surface area contributed by atoms with Crippen LogP contribution in [0.15, 0.2) is 220 Å². The topological polar surface area (TPSA) is 65.8 Å². The molecule has 0 amide bonds. The van der Waals surface area contributed by atoms with Crippen LogP contribution in [0.3, 0.4) is 0 Å². The van der Waals surface area contributed by atoms with Crippen LogP contribution in [0, 0.1) is 0 Å². The maximum absolute atomic E-state index is 5.53. The number of rotatable bonds is 7. The Balaban J connectivity index is 1.15. The molecule has 0 aliphatic rings. The minimum atomic E-state index is -1.91. The summed E-state index contributed by atoms with van der Waals surface area (Å²) < 4.78 is 6.58. The largest absolute Gasteiger partial charge is 0.278 e. The SMILES string of the molecule is CC(C)(C)c1ccc2c3ccc(C(C)(C)C)cc3n(-c3nc(-c4ccc(S(c5ccccc5)(c5ccccc5)c5ccccc5)cc4)nc(-n4c5ccccc5n5c6ccccc6nc45)n3)c2c1. The molecule has 8 aromatic carbocycles. The van der Waals surface area contributed by atoms with E-state index in [1.54, 1.807) is 0 Å². The highest BCUT2D eigenvalue weighted by atomic mass is 32.3. The number of benzene rings is 8. The van der Waals surface area contributed by atoms with Crippen molar-refractivity contribution in [1.82, 2.24) is 33.5 Å². The molecule has 0 bridgehead atoms. The predicted octanol–water partition coefficient (Wildman–Crippen LogP) is 15.3. The molecule has 0 spiro atoms. The Morgan fingerprint density at radius 1 is 0.368 bits per heavy atom. The molecule has 0 aliphatic heterocycles. The second kappa shape index (κ2) is 15.6. The summed E-state index contributed by atoms with van der Waals surface area (Å²) in [4.78, 5) is 26.8. The molecular formula is C60H51N7S. The number of fused-ring (bicyclic) bond motifs is 8. The molecule has 0 saturated heterocycles. The van der Waals surface area contributed by atoms with Gasteiger partial charge in [0.15, 0.2) is 5.82 Å². The fraction of sp³-hybridized carbons (Fsp3) is 0.133. The van der Waals surface area contributed by atoms with Crippen molar-refractivity contribution in [3.8, 4) is 23.3 Å². The summed E-state index contributed by atoms with van der Waals surface area (Å²) in [6.07, 6.45) is 0. The standard InChI is InChI=1S/C60H51N7S/c1-59(2,3)41-32-36-47-48-37-33-42(60(4,5)6)39-54(48)65(53(47)38-41)56-62-55(63-57(64-56)67-52-29-19-18-28-51(52)66-50-27-17-16-26-49(50)61-58(66)67)40-30-34-46(35-31-40)68(43-20-10-7-11-21-43,44-22-12-8-13-23-44)45-24-14-9-15-25-45/h7-39H,1-6H3. The summed E-state index contributed by atoms with van der Waals surface area (Å²) in [5.41, 5.74) is 9.18. The first-order chi connectivity index (χ1) is 33.0. The molecule has 0 saturated carbocycles. The summed E-state index contributed by atoms with van der Waals surface area (Å²) in [5, 5.41) is 2.30. The Hall–Kier alpha value is -7.81. The number of para-hydroxylation sites is 4. The van der Waals surface area contributed by atoms with Crippen LogP contribution < -0.4 is 0 Å². The first-order valence-corrected chi connectivity index (χ1v) is 24.9. The molecule has 12 aromatic rings. The van der Waals surface area contributed by atoms with Crippen LogP contribution in [0.2, 0.25) is 0 Å². The molecule has 4 heterocycles. The van der Waals surface area contributed by atoms with Crippen LogP contribution in [0.4, 0.5) is 0 Å². The van der Waals surface area contributed by atoms with Gasteiger partial charge in [0.1, 0.15) is 0 Å². The normalized spacial score (nSPS) is 12.8. The van der Waals surface area contributed by atoms with E-state index in [-0.39, 0.29) is 10.8 Å². The lowest BCUT2D eigenvalue weighted by atomic mass is 9.86. The van der Waals surface area contributed by atoms with E-state index in [2.05, 4.69) is 249 Å². The fourth-order valence-corrected chi connectivity index (χ4v) is 13.8. The van der Waals surface area contributed by atoms with Crippen molar-refractivity contribution in [2.45, 2.75) is 72.0 Å². The number of imidazole rings is 2. The van der Waals surface area contributed by atoms with E-state index in [0.29, 0.717) is 17.7 Å². The minimum absolute atomic E-state index is 0.0853. The van der Waals surface area contributed by atoms with E-state index in [4.69, 9.17) is 19.9 Å². The predicted molar refractivity (Wildman–Crippen MR) is 280 cm³/mol. The van der Waals surface area contributed by atoms with Crippen LogP contribution in [0.1, 0.15) is 52.7 Å². The average molecular weight is 902 g/mol. The van der Waals surface area contributed by atoms with Gasteiger partial charge in [-0.25, -0.2) is 9.55 Å². The smallest absolute Gasteiger partial charge is 0.242 e. The van der Waals surface area contributed by atoms with Gasteiger partial charge in [-0.2, -0.15) is 15.0 Å². The lowest BCUT2D eigenvalue weighted by Crippen LogP contribution is -2.13. The molecule has 7 nitrogen and oxygen atoms in total. The molecule has 332 valence electrons. The average Bonchev–Trinajstić information content (AvgIpc) is 4.01. The third kappa shape index (κ3) is 6.57. The molecule has 0 aliphatic carbocycles. The van der Waals surface area contributed by atoms with Crippen LogP contribution >= 0.6 is 10.0 Å². The Bertz CT molecular complexity index is 3690. The third-order valence-corrected chi connectivity index (χ3v) is 17.3. The Labute approximate surface area is 397 Å². The molecule has 4 aromatic heterocycles. The summed E-state index contributed by atoms with van der Waals surface area (Å²) in [7, 11) is -1.91. The van der Waals surface area contributed by atoms with Gasteiger partial charge in [0, 0.05) is 35.9 Å². The Morgan fingerprint density at radius 3 is 1.32 bits per heavy atom. The molecule has 0 N–H and O–H groups in total. The van der Waals surface area contributed by atoms with Crippen molar-refractivity contribution < 1.29 is 0 Å². The second-order valence-corrected chi connectivity index (χ2v) is 22.8. The lowest BCUT2D eigenvalue weighted by molar-refractivity contribution is 0.591. The number of hydrogen-bond donors (Lipinski definition) is 0. The highest BCUT2D eigenvalue weighted by Gasteiger charge is 2.33. The molecular weight excluding hydrogens is 851 g/mol. The van der Waals surface area contributed by atoms with Crippen molar-refractivity contribution in [2.75, 3.05) is 0 Å². The number of hydrogen-bond acceptors (Lipinski definition) is 4. The van der Waals surface area contributed by atoms with E-state index in [0.717, 1.165) is 55.2 Å². The quantitative estimate of drug-likeness (QED) is 0.160. The summed E-state index contributed by atoms with van der Waals surface area (Å²) in [6.45, 7) is 13.6. The number of nitrogens with zero attached hydrogens (tertiary/aromatic N) is 7. The maximum Gasteiger partial charge on any atom is 0.242 e. The molecule has 8 heteroatoms. The van der Waals surface area contributed by atoms with Crippen molar-refractivity contribution in [3.63, 3.8) is 0 Å². The molecule has 68 heavy (non-hydrogen) atoms. The third-order valence-electron chi connectivity index (χ3n) is 13.4. The van der Waals surface area contributed by atoms with Crippen LogP contribution in [-0.2, 0) is 10.8 Å². The minimum Gasteiger partial charge on any atom is -0.278 e. The van der Waals surface area contributed by atoms with Gasteiger partial charge in [0.05, 0.1) is 33.1 Å². The second-order valence-electron chi connectivity index (χ2n) is 19.7. The van der Waals surface area contributed by atoms with Crippen molar-refractivity contribution in [1.29, 1.82) is 0 Å². The molecule has 0 atom stereocenters. The summed E-state index contributed by atoms with van der Waals surface area (Å²) in [6, 6.07) is 72.3. The molecule has 0 radical (unpaired) electrons. The van der Waals surface area contributed by atoms with Gasteiger partial charge in [-0.3, -0.25) is 8.97 Å². The van der Waals surface area contributed by atoms with Gasteiger partial charge in [-0.15, -0.1) is 10.0 Å². The van der Waals surface area contributed by atoms with Crippen molar-refractivity contribution in [3.05, 3.63) is 211 Å². The van der Waals surface area contributed by atoms with E-state index in [1.807, 2.05) is 6.07 Å². The molecule has 12 rings (SSSR count). The summed E-state index contributed by atoms with van der Waals surface area (Å²) in [5.74, 6) is 2.33. The van der Waals surface area contributed by atoms with Gasteiger partial charge in [0.25, 0.3) is 0 Å². The maximum atomic E-state index is 5.53. The highest BCUT2D eigenvalue weighted by molar-refractivity contribution is 8.34. The van der Waals surface area contributed by atoms with Gasteiger partial charge in [-0.1, -0.05) is 157 Å². The van der Waals surface area contributed by atoms with Crippen LogP contribution in [0.25, 0.3) is 72.9 Å². The lowest BCUT2D eigenvalue weighted by Gasteiger charge is -2.42. The van der Waals surface area contributed by atoms with E-state index in [9.17, 15) is 0 Å². The van der Waals surface area contributed by atoms with Crippen molar-refractivity contribution >= 4 is 59.7 Å². The van der Waals surface area contributed by atoms with Crippen molar-refractivity contribution in [2.24, 2.45) is 0 Å². The van der Waals surface area contributed by atoms with Gasteiger partial charge >= 0.3 is 0 Å². The van der Waals surface area contributed by atoms with Gasteiger partial charge < -0.3 is 0 Å². The monoisotopic (exact) mass is 901 g/mol. The zero-order valence-corrected chi connectivity index (χ0v) is 39.9. The van der Waals surface area contributed by atoms with E-state index in [1.165, 1.54) is 30.7 Å². The fourth-order valence-electron chi connectivity index (χ4n) is 9.90. The molecule has 0 fully saturated rings. The molecule has 0 unspecified atom stereocenters. The van der Waals surface area contributed by atoms with E-state index >= 15 is 0 Å². The van der Waals surface area contributed by atoms with Crippen LogP contribution in [-0.4, -0.2) is 33.5 Å². The zero-order valence-electron chi connectivity index (χ0n) is 39.1. The first kappa shape index (κ1) is 41.6. The van der Waals surface area contributed by atoms with Gasteiger partial charge in [0.2, 0.25) is 17.7 Å². The highest BCUT2D eigenvalue weighted by Crippen LogP contribution is 2.73.